The van der Waals surface area contributed by atoms with E-state index >= 15 is 0 Å². The van der Waals surface area contributed by atoms with E-state index in [0.717, 1.165) is 0 Å². The minimum Gasteiger partial charge on any atom is -0.384 e. The number of halogens is 2. The number of ketones is 1. The molecule has 13 heteroatoms. The van der Waals surface area contributed by atoms with Crippen LogP contribution in [0.1, 0.15) is 38.2 Å². The summed E-state index contributed by atoms with van der Waals surface area (Å²) >= 11 is 8.21. The maximum Gasteiger partial charge on any atom is 0.235 e. The van der Waals surface area contributed by atoms with Crippen LogP contribution < -0.4 is 16.0 Å². The van der Waals surface area contributed by atoms with Gasteiger partial charge in [0.25, 0.3) is 0 Å². The molecular formula is C27H23ClFN7O2S2. The van der Waals surface area contributed by atoms with E-state index in [-0.39, 0.29) is 34.3 Å². The van der Waals surface area contributed by atoms with Crippen molar-refractivity contribution in [1.29, 1.82) is 5.26 Å². The Hall–Kier alpha value is -3.79. The second kappa shape index (κ2) is 11.0. The molecule has 3 N–H and O–H groups in total. The minimum atomic E-state index is -0.715. The fourth-order valence-electron chi connectivity index (χ4n) is 4.82. The minimum absolute atomic E-state index is 0.0554. The van der Waals surface area contributed by atoms with Crippen LogP contribution in [0.3, 0.4) is 0 Å². The molecule has 0 radical (unpaired) electrons. The van der Waals surface area contributed by atoms with Crippen molar-refractivity contribution in [1.82, 2.24) is 15.2 Å². The summed E-state index contributed by atoms with van der Waals surface area (Å²) in [4.78, 5) is 31.7. The van der Waals surface area contributed by atoms with Crippen LogP contribution in [0.5, 0.6) is 0 Å². The van der Waals surface area contributed by atoms with E-state index < -0.39 is 11.7 Å². The number of aromatic nitrogens is 3. The van der Waals surface area contributed by atoms with Crippen molar-refractivity contribution in [2.75, 3.05) is 16.0 Å². The number of nitrogens with one attached hydrogen (secondary N) is 1. The molecule has 0 spiro atoms. The van der Waals surface area contributed by atoms with Gasteiger partial charge in [0, 0.05) is 23.9 Å². The lowest BCUT2D eigenvalue weighted by Crippen LogP contribution is -2.42. The van der Waals surface area contributed by atoms with E-state index in [2.05, 4.69) is 26.6 Å². The number of amides is 1. The van der Waals surface area contributed by atoms with Crippen LogP contribution in [0.4, 0.5) is 15.3 Å². The number of nitriles is 1. The van der Waals surface area contributed by atoms with Crippen molar-refractivity contribution in [3.8, 4) is 6.07 Å². The molecule has 204 valence electrons. The summed E-state index contributed by atoms with van der Waals surface area (Å²) in [5.41, 5.74) is 8.13. The van der Waals surface area contributed by atoms with E-state index in [1.54, 1.807) is 29.2 Å². The molecule has 40 heavy (non-hydrogen) atoms. The van der Waals surface area contributed by atoms with Gasteiger partial charge in [-0.2, -0.15) is 5.26 Å². The summed E-state index contributed by atoms with van der Waals surface area (Å²) in [7, 11) is 0. The van der Waals surface area contributed by atoms with Gasteiger partial charge in [0.15, 0.2) is 10.1 Å². The highest BCUT2D eigenvalue weighted by Gasteiger charge is 2.45. The van der Waals surface area contributed by atoms with Crippen molar-refractivity contribution >= 4 is 57.3 Å². The quantitative estimate of drug-likeness (QED) is 0.359. The first kappa shape index (κ1) is 27.8. The Kier molecular flexibility index (Phi) is 7.63. The largest absolute Gasteiger partial charge is 0.384 e. The lowest BCUT2D eigenvalue weighted by molar-refractivity contribution is -0.118. The van der Waals surface area contributed by atoms with E-state index in [9.17, 15) is 19.2 Å². The Bertz CT molecular complexity index is 1590. The molecule has 0 bridgehead atoms. The highest BCUT2D eigenvalue weighted by atomic mass is 35.5. The molecule has 3 aromatic rings. The fraction of sp³-hybridized carbons (Fsp3) is 0.259. The van der Waals surface area contributed by atoms with Gasteiger partial charge in [-0.05, 0) is 41.7 Å². The third kappa shape index (κ3) is 5.58. The standard InChI is InChI=1S/C27H23ClFN7O2S2/c1-27(2)9-18-23(19(37)10-27)22(14-3-6-16(29)7-4-14)17(11-30)24(31)36(18)25-34-35-26(40-25)39-13-21(38)33-20-8-5-15(28)12-32-20/h3-8,12,22H,9-10,13,31H2,1-2H3,(H,32,33,38). The molecule has 0 saturated heterocycles. The van der Waals surface area contributed by atoms with Gasteiger partial charge in [-0.3, -0.25) is 14.5 Å². The summed E-state index contributed by atoms with van der Waals surface area (Å²) in [6, 6.07) is 11.2. The predicted molar refractivity (Wildman–Crippen MR) is 152 cm³/mol. The molecule has 3 heterocycles. The third-order valence-corrected chi connectivity index (χ3v) is 8.76. The number of carbonyl (C=O) groups is 2. The summed E-state index contributed by atoms with van der Waals surface area (Å²) in [6.07, 6.45) is 2.24. The van der Waals surface area contributed by atoms with Crippen molar-refractivity contribution in [3.05, 3.63) is 81.7 Å². The monoisotopic (exact) mass is 595 g/mol. The second-order valence-corrected chi connectivity index (χ2v) is 12.7. The van der Waals surface area contributed by atoms with Gasteiger partial charge in [-0.25, -0.2) is 9.37 Å². The SMILES string of the molecule is CC1(C)CC(=O)C2=C(C1)N(c1nnc(SCC(=O)Nc3ccc(Cl)cn3)s1)C(N)=C(C#N)C2c1ccc(F)cc1. The van der Waals surface area contributed by atoms with Crippen LogP contribution in [0, 0.1) is 22.6 Å². The van der Waals surface area contributed by atoms with Gasteiger partial charge in [-0.1, -0.05) is 60.7 Å². The Morgan fingerprint density at radius 1 is 1.27 bits per heavy atom. The van der Waals surface area contributed by atoms with Crippen molar-refractivity contribution < 1.29 is 14.0 Å². The molecule has 2 aliphatic rings. The van der Waals surface area contributed by atoms with Crippen molar-refractivity contribution in [3.63, 3.8) is 0 Å². The normalized spacial score (nSPS) is 18.4. The molecule has 1 aliphatic heterocycles. The number of benzene rings is 1. The molecule has 5 rings (SSSR count). The topological polar surface area (TPSA) is 138 Å². The van der Waals surface area contributed by atoms with Gasteiger partial charge in [-0.15, -0.1) is 10.2 Å². The lowest BCUT2D eigenvalue weighted by Gasteiger charge is -2.42. The number of pyridine rings is 1. The number of nitrogens with zero attached hydrogens (tertiary/aromatic N) is 5. The Morgan fingerprint density at radius 2 is 2.02 bits per heavy atom. The van der Waals surface area contributed by atoms with E-state index in [1.807, 2.05) is 13.8 Å². The zero-order chi connectivity index (χ0) is 28.6. The molecular weight excluding hydrogens is 573 g/mol. The van der Waals surface area contributed by atoms with Gasteiger partial charge >= 0.3 is 0 Å². The molecule has 0 saturated carbocycles. The number of anilines is 2. The molecule has 1 aliphatic carbocycles. The molecule has 1 atom stereocenters. The number of carbonyl (C=O) groups excluding carboxylic acids is 2. The Morgan fingerprint density at radius 3 is 2.70 bits per heavy atom. The summed E-state index contributed by atoms with van der Waals surface area (Å²) in [5, 5.41) is 22.2. The smallest absolute Gasteiger partial charge is 0.235 e. The average molecular weight is 596 g/mol. The first-order valence-electron chi connectivity index (χ1n) is 12.2. The molecule has 2 aromatic heterocycles. The van der Waals surface area contributed by atoms with Gasteiger partial charge in [0.2, 0.25) is 11.0 Å². The van der Waals surface area contributed by atoms with E-state index in [4.69, 9.17) is 17.3 Å². The van der Waals surface area contributed by atoms with Crippen LogP contribution in [0.2, 0.25) is 5.02 Å². The van der Waals surface area contributed by atoms with Crippen LogP contribution in [0.25, 0.3) is 0 Å². The maximum absolute atomic E-state index is 13.7. The number of thioether (sulfide) groups is 1. The third-order valence-electron chi connectivity index (χ3n) is 6.49. The zero-order valence-corrected chi connectivity index (χ0v) is 23.8. The number of nitrogens with two attached hydrogens (primary N) is 1. The average Bonchev–Trinajstić information content (AvgIpc) is 3.36. The zero-order valence-electron chi connectivity index (χ0n) is 21.4. The van der Waals surface area contributed by atoms with Gasteiger partial charge in [0.05, 0.1) is 28.3 Å². The number of allylic oxidation sites excluding steroid dienone is 3. The second-order valence-electron chi connectivity index (χ2n) is 10.1. The lowest BCUT2D eigenvalue weighted by atomic mass is 9.69. The Balaban J connectivity index is 1.46. The highest BCUT2D eigenvalue weighted by Crippen LogP contribution is 2.50. The molecule has 1 unspecified atom stereocenters. The van der Waals surface area contributed by atoms with Crippen LogP contribution in [-0.2, 0) is 9.59 Å². The molecule has 0 fully saturated rings. The first-order chi connectivity index (χ1) is 19.1. The van der Waals surface area contributed by atoms with Crippen LogP contribution >= 0.6 is 34.7 Å². The van der Waals surface area contributed by atoms with Crippen molar-refractivity contribution in [2.24, 2.45) is 11.1 Å². The van der Waals surface area contributed by atoms with Crippen LogP contribution in [-0.4, -0.2) is 32.6 Å². The number of rotatable bonds is 6. The molecule has 1 aromatic carbocycles. The van der Waals surface area contributed by atoms with Crippen molar-refractivity contribution in [2.45, 2.75) is 36.9 Å². The summed E-state index contributed by atoms with van der Waals surface area (Å²) in [5.74, 6) is -0.945. The van der Waals surface area contributed by atoms with Gasteiger partial charge < -0.3 is 11.1 Å². The first-order valence-corrected chi connectivity index (χ1v) is 14.3. The molecule has 1 amide bonds. The summed E-state index contributed by atoms with van der Waals surface area (Å²) < 4.78 is 14.2. The number of hydrogen-bond donors (Lipinski definition) is 2. The fourth-order valence-corrected chi connectivity index (χ4v) is 6.62. The highest BCUT2D eigenvalue weighted by molar-refractivity contribution is 8.01. The Labute approximate surface area is 242 Å². The van der Waals surface area contributed by atoms with Crippen LogP contribution in [0.15, 0.2) is 69.6 Å². The van der Waals surface area contributed by atoms with E-state index in [1.165, 1.54) is 41.4 Å². The van der Waals surface area contributed by atoms with E-state index in [0.29, 0.717) is 50.0 Å². The predicted octanol–water partition coefficient (Wildman–Crippen LogP) is 5.40. The van der Waals surface area contributed by atoms with Gasteiger partial charge in [0.1, 0.15) is 17.5 Å². The number of hydrogen-bond acceptors (Lipinski definition) is 10. The maximum atomic E-state index is 13.7. The summed E-state index contributed by atoms with van der Waals surface area (Å²) in [6.45, 7) is 3.99. The molecule has 9 nitrogen and oxygen atoms in total. The number of Topliss-reactive ketones (excluding diaryl/α,β-unsaturated/α-hetero) is 1.